The van der Waals surface area contributed by atoms with Gasteiger partial charge in [0.15, 0.2) is 17.5 Å². The summed E-state index contributed by atoms with van der Waals surface area (Å²) in [6.07, 6.45) is 0. The monoisotopic (exact) mass is 209 g/mol. The van der Waals surface area contributed by atoms with Gasteiger partial charge >= 0.3 is 0 Å². The lowest BCUT2D eigenvalue weighted by atomic mass is 10.2. The van der Waals surface area contributed by atoms with E-state index >= 15 is 0 Å². The molecule has 0 radical (unpaired) electrons. The zero-order valence-corrected chi connectivity index (χ0v) is 8.86. The van der Waals surface area contributed by atoms with Gasteiger partial charge in [-0.15, -0.1) is 0 Å². The number of methoxy groups -OCH3 is 2. The highest BCUT2D eigenvalue weighted by molar-refractivity contribution is 5.75. The summed E-state index contributed by atoms with van der Waals surface area (Å²) in [5, 5.41) is 0. The van der Waals surface area contributed by atoms with Crippen LogP contribution >= 0.6 is 0 Å². The van der Waals surface area contributed by atoms with Crippen molar-refractivity contribution >= 4 is 5.96 Å². The van der Waals surface area contributed by atoms with Crippen LogP contribution < -0.4 is 20.9 Å². The standard InChI is InChI=1S/C10H15N3O2/c1-14-8-4-3-7(5-9(8)15-2)6-13-10(11)12/h3-5H,6H2,1-2H3,(H4,11,12,13). The molecule has 0 unspecified atom stereocenters. The molecule has 0 fully saturated rings. The lowest BCUT2D eigenvalue weighted by Crippen LogP contribution is -2.22. The molecule has 0 amide bonds. The molecule has 0 aliphatic rings. The number of aliphatic imine (C=N–C) groups is 1. The molecule has 5 nitrogen and oxygen atoms in total. The van der Waals surface area contributed by atoms with E-state index in [0.717, 1.165) is 5.56 Å². The second kappa shape index (κ2) is 5.09. The van der Waals surface area contributed by atoms with E-state index in [1.54, 1.807) is 14.2 Å². The average molecular weight is 209 g/mol. The Morgan fingerprint density at radius 3 is 2.40 bits per heavy atom. The van der Waals surface area contributed by atoms with Crippen LogP contribution in [0.1, 0.15) is 5.56 Å². The Labute approximate surface area is 88.7 Å². The fourth-order valence-electron chi connectivity index (χ4n) is 1.16. The molecule has 0 spiro atoms. The van der Waals surface area contributed by atoms with E-state index in [0.29, 0.717) is 18.0 Å². The summed E-state index contributed by atoms with van der Waals surface area (Å²) in [7, 11) is 3.18. The van der Waals surface area contributed by atoms with Gasteiger partial charge in [-0.3, -0.25) is 0 Å². The summed E-state index contributed by atoms with van der Waals surface area (Å²) in [5.41, 5.74) is 11.4. The summed E-state index contributed by atoms with van der Waals surface area (Å²) in [4.78, 5) is 3.90. The fourth-order valence-corrected chi connectivity index (χ4v) is 1.16. The van der Waals surface area contributed by atoms with Gasteiger partial charge in [-0.05, 0) is 17.7 Å². The molecule has 5 heteroatoms. The highest BCUT2D eigenvalue weighted by atomic mass is 16.5. The Morgan fingerprint density at radius 1 is 1.20 bits per heavy atom. The van der Waals surface area contributed by atoms with Crippen molar-refractivity contribution in [1.82, 2.24) is 0 Å². The topological polar surface area (TPSA) is 82.9 Å². The molecule has 0 aliphatic carbocycles. The third-order valence-electron chi connectivity index (χ3n) is 1.89. The van der Waals surface area contributed by atoms with E-state index in [9.17, 15) is 0 Å². The van der Waals surface area contributed by atoms with Crippen molar-refractivity contribution in [3.8, 4) is 11.5 Å². The zero-order chi connectivity index (χ0) is 11.3. The molecule has 0 saturated carbocycles. The molecule has 4 N–H and O–H groups in total. The number of hydrogen-bond donors (Lipinski definition) is 2. The van der Waals surface area contributed by atoms with Gasteiger partial charge in [0.05, 0.1) is 20.8 Å². The first-order valence-electron chi connectivity index (χ1n) is 4.43. The molecule has 0 aliphatic heterocycles. The van der Waals surface area contributed by atoms with Gasteiger partial charge in [-0.1, -0.05) is 6.07 Å². The maximum absolute atomic E-state index is 5.24. The van der Waals surface area contributed by atoms with Crippen LogP contribution in [0.3, 0.4) is 0 Å². The average Bonchev–Trinajstić information content (AvgIpc) is 2.25. The van der Waals surface area contributed by atoms with Crippen molar-refractivity contribution in [2.45, 2.75) is 6.54 Å². The van der Waals surface area contributed by atoms with E-state index in [2.05, 4.69) is 4.99 Å². The van der Waals surface area contributed by atoms with Crippen LogP contribution in [0.4, 0.5) is 0 Å². The zero-order valence-electron chi connectivity index (χ0n) is 8.86. The second-order valence-electron chi connectivity index (χ2n) is 2.93. The second-order valence-corrected chi connectivity index (χ2v) is 2.93. The summed E-state index contributed by atoms with van der Waals surface area (Å²) < 4.78 is 10.3. The van der Waals surface area contributed by atoms with Gasteiger partial charge in [0.25, 0.3) is 0 Å². The molecule has 82 valence electrons. The summed E-state index contributed by atoms with van der Waals surface area (Å²) in [5.74, 6) is 1.43. The van der Waals surface area contributed by atoms with Gasteiger partial charge in [0.1, 0.15) is 0 Å². The van der Waals surface area contributed by atoms with Crippen molar-refractivity contribution in [3.05, 3.63) is 23.8 Å². The Balaban J connectivity index is 2.88. The highest BCUT2D eigenvalue weighted by Gasteiger charge is 2.03. The molecular weight excluding hydrogens is 194 g/mol. The number of nitrogens with two attached hydrogens (primary N) is 2. The van der Waals surface area contributed by atoms with Crippen molar-refractivity contribution in [3.63, 3.8) is 0 Å². The van der Waals surface area contributed by atoms with E-state index in [1.165, 1.54) is 0 Å². The molecular formula is C10H15N3O2. The van der Waals surface area contributed by atoms with Crippen molar-refractivity contribution in [2.75, 3.05) is 14.2 Å². The Morgan fingerprint density at radius 2 is 1.87 bits per heavy atom. The number of rotatable bonds is 4. The lowest BCUT2D eigenvalue weighted by molar-refractivity contribution is 0.354. The van der Waals surface area contributed by atoms with Gasteiger partial charge in [0.2, 0.25) is 0 Å². The molecule has 1 rings (SSSR count). The normalized spacial score (nSPS) is 9.47. The van der Waals surface area contributed by atoms with Crippen LogP contribution in [0.25, 0.3) is 0 Å². The van der Waals surface area contributed by atoms with Crippen LogP contribution in [-0.2, 0) is 6.54 Å². The Bertz CT molecular complexity index is 360. The Kier molecular flexibility index (Phi) is 3.79. The van der Waals surface area contributed by atoms with Gasteiger partial charge in [-0.25, -0.2) is 4.99 Å². The van der Waals surface area contributed by atoms with Gasteiger partial charge in [-0.2, -0.15) is 0 Å². The largest absolute Gasteiger partial charge is 0.493 e. The molecule has 0 bridgehead atoms. The smallest absolute Gasteiger partial charge is 0.186 e. The maximum Gasteiger partial charge on any atom is 0.186 e. The van der Waals surface area contributed by atoms with Crippen LogP contribution in [0.15, 0.2) is 23.2 Å². The van der Waals surface area contributed by atoms with Gasteiger partial charge < -0.3 is 20.9 Å². The molecule has 1 aromatic carbocycles. The maximum atomic E-state index is 5.24. The van der Waals surface area contributed by atoms with Crippen LogP contribution in [-0.4, -0.2) is 20.2 Å². The first-order valence-corrected chi connectivity index (χ1v) is 4.43. The minimum absolute atomic E-state index is 0.0739. The van der Waals surface area contributed by atoms with Crippen LogP contribution in [0.5, 0.6) is 11.5 Å². The van der Waals surface area contributed by atoms with Crippen molar-refractivity contribution < 1.29 is 9.47 Å². The first kappa shape index (κ1) is 11.2. The minimum atomic E-state index is 0.0739. The fraction of sp³-hybridized carbons (Fsp3) is 0.300. The molecule has 0 atom stereocenters. The third kappa shape index (κ3) is 3.05. The van der Waals surface area contributed by atoms with E-state index in [1.807, 2.05) is 18.2 Å². The molecule has 15 heavy (non-hydrogen) atoms. The summed E-state index contributed by atoms with van der Waals surface area (Å²) in [6, 6.07) is 5.54. The highest BCUT2D eigenvalue weighted by Crippen LogP contribution is 2.27. The van der Waals surface area contributed by atoms with E-state index < -0.39 is 0 Å². The number of nitrogens with zero attached hydrogens (tertiary/aromatic N) is 1. The van der Waals surface area contributed by atoms with E-state index in [-0.39, 0.29) is 5.96 Å². The lowest BCUT2D eigenvalue weighted by Gasteiger charge is -2.08. The van der Waals surface area contributed by atoms with Crippen molar-refractivity contribution in [2.24, 2.45) is 16.5 Å². The summed E-state index contributed by atoms with van der Waals surface area (Å²) >= 11 is 0. The summed E-state index contributed by atoms with van der Waals surface area (Å²) in [6.45, 7) is 0.433. The number of benzene rings is 1. The SMILES string of the molecule is COc1ccc(CN=C(N)N)cc1OC. The first-order chi connectivity index (χ1) is 7.17. The number of ether oxygens (including phenoxy) is 2. The van der Waals surface area contributed by atoms with Crippen molar-refractivity contribution in [1.29, 1.82) is 0 Å². The van der Waals surface area contributed by atoms with E-state index in [4.69, 9.17) is 20.9 Å². The molecule has 0 heterocycles. The molecule has 0 saturated heterocycles. The number of guanidine groups is 1. The predicted octanol–water partition coefficient (Wildman–Crippen LogP) is 0.477. The number of hydrogen-bond acceptors (Lipinski definition) is 3. The third-order valence-corrected chi connectivity index (χ3v) is 1.89. The predicted molar refractivity (Wildman–Crippen MR) is 59.1 cm³/mol. The van der Waals surface area contributed by atoms with Crippen LogP contribution in [0.2, 0.25) is 0 Å². The minimum Gasteiger partial charge on any atom is -0.493 e. The molecule has 0 aromatic heterocycles. The molecule has 1 aromatic rings. The van der Waals surface area contributed by atoms with Gasteiger partial charge in [0, 0.05) is 0 Å². The quantitative estimate of drug-likeness (QED) is 0.558. The van der Waals surface area contributed by atoms with Crippen LogP contribution in [0, 0.1) is 0 Å². The Hall–Kier alpha value is -1.91.